The summed E-state index contributed by atoms with van der Waals surface area (Å²) >= 11 is 0. The number of hydrogen-bond acceptors (Lipinski definition) is 3. The molecule has 0 aromatic heterocycles. The first-order valence-corrected chi connectivity index (χ1v) is 7.65. The number of carbonyl (C=O) groups is 1. The van der Waals surface area contributed by atoms with Crippen molar-refractivity contribution in [1.82, 2.24) is 5.32 Å². The van der Waals surface area contributed by atoms with Gasteiger partial charge < -0.3 is 10.1 Å². The van der Waals surface area contributed by atoms with Crippen LogP contribution in [0.5, 0.6) is 0 Å². The Balaban J connectivity index is 1.81. The van der Waals surface area contributed by atoms with Crippen LogP contribution in [0.15, 0.2) is 0 Å². The van der Waals surface area contributed by atoms with E-state index in [1.807, 2.05) is 0 Å². The molecule has 1 N–H and O–H groups in total. The van der Waals surface area contributed by atoms with Crippen LogP contribution in [0.1, 0.15) is 58.3 Å². The van der Waals surface area contributed by atoms with Crippen LogP contribution in [-0.2, 0) is 9.53 Å². The molecule has 1 aliphatic carbocycles. The predicted octanol–water partition coefficient (Wildman–Crippen LogP) is 2.89. The summed E-state index contributed by atoms with van der Waals surface area (Å²) in [5, 5.41) is 3.34. The van der Waals surface area contributed by atoms with Crippen LogP contribution in [0, 0.1) is 11.3 Å². The van der Waals surface area contributed by atoms with Gasteiger partial charge in [0.15, 0.2) is 0 Å². The third-order valence-electron chi connectivity index (χ3n) is 4.76. The van der Waals surface area contributed by atoms with Crippen LogP contribution in [0.25, 0.3) is 0 Å². The molecule has 0 amide bonds. The third-order valence-corrected chi connectivity index (χ3v) is 4.76. The van der Waals surface area contributed by atoms with Crippen LogP contribution >= 0.6 is 0 Å². The lowest BCUT2D eigenvalue weighted by atomic mass is 9.78. The van der Waals surface area contributed by atoms with Gasteiger partial charge in [-0.05, 0) is 44.6 Å². The van der Waals surface area contributed by atoms with Crippen LogP contribution in [0.4, 0.5) is 0 Å². The zero-order valence-electron chi connectivity index (χ0n) is 11.7. The second kappa shape index (κ2) is 6.55. The number of carbonyl (C=O) groups excluding carboxylic acids is 1. The molecular formula is C15H27NO2. The minimum Gasteiger partial charge on any atom is -0.465 e. The van der Waals surface area contributed by atoms with Gasteiger partial charge >= 0.3 is 5.97 Å². The number of rotatable bonds is 4. The molecule has 3 heteroatoms. The topological polar surface area (TPSA) is 38.3 Å². The predicted molar refractivity (Wildman–Crippen MR) is 72.4 cm³/mol. The molecule has 0 bridgehead atoms. The van der Waals surface area contributed by atoms with Crippen molar-refractivity contribution in [1.29, 1.82) is 0 Å². The number of piperidine rings is 1. The van der Waals surface area contributed by atoms with E-state index in [2.05, 4.69) is 12.2 Å². The SMILES string of the molecule is CCC1(C(=O)OCC2CCCCC2)CCCNC1. The minimum absolute atomic E-state index is 0.0442. The Labute approximate surface area is 111 Å². The minimum atomic E-state index is -0.243. The quantitative estimate of drug-likeness (QED) is 0.783. The number of hydrogen-bond donors (Lipinski definition) is 1. The molecule has 3 nitrogen and oxygen atoms in total. The number of nitrogens with one attached hydrogen (secondary N) is 1. The Morgan fingerprint density at radius 3 is 2.67 bits per heavy atom. The molecule has 1 saturated carbocycles. The Morgan fingerprint density at radius 2 is 2.06 bits per heavy atom. The van der Waals surface area contributed by atoms with E-state index in [4.69, 9.17) is 4.74 Å². The second-order valence-electron chi connectivity index (χ2n) is 6.02. The van der Waals surface area contributed by atoms with E-state index in [0.29, 0.717) is 12.5 Å². The lowest BCUT2D eigenvalue weighted by Crippen LogP contribution is -2.46. The van der Waals surface area contributed by atoms with Gasteiger partial charge in [0, 0.05) is 6.54 Å². The molecule has 1 saturated heterocycles. The van der Waals surface area contributed by atoms with Crippen LogP contribution in [0.3, 0.4) is 0 Å². The molecule has 0 aromatic rings. The summed E-state index contributed by atoms with van der Waals surface area (Å²) in [6.07, 6.45) is 9.42. The summed E-state index contributed by atoms with van der Waals surface area (Å²) < 4.78 is 5.64. The molecule has 1 unspecified atom stereocenters. The first kappa shape index (κ1) is 13.9. The zero-order valence-corrected chi connectivity index (χ0v) is 11.7. The van der Waals surface area contributed by atoms with Crippen molar-refractivity contribution in [2.45, 2.75) is 58.3 Å². The molecule has 1 aliphatic heterocycles. The number of ether oxygens (including phenoxy) is 1. The largest absolute Gasteiger partial charge is 0.465 e. The van der Waals surface area contributed by atoms with Gasteiger partial charge in [0.1, 0.15) is 0 Å². The highest BCUT2D eigenvalue weighted by Gasteiger charge is 2.39. The lowest BCUT2D eigenvalue weighted by molar-refractivity contribution is -0.159. The van der Waals surface area contributed by atoms with E-state index in [1.54, 1.807) is 0 Å². The van der Waals surface area contributed by atoms with Gasteiger partial charge in [-0.2, -0.15) is 0 Å². The van der Waals surface area contributed by atoms with Crippen LogP contribution < -0.4 is 5.32 Å². The first-order chi connectivity index (χ1) is 8.77. The van der Waals surface area contributed by atoms with E-state index in [0.717, 1.165) is 32.4 Å². The summed E-state index contributed by atoms with van der Waals surface area (Å²) in [6.45, 7) is 4.60. The van der Waals surface area contributed by atoms with Crippen LogP contribution in [-0.4, -0.2) is 25.7 Å². The molecule has 2 rings (SSSR count). The van der Waals surface area contributed by atoms with Gasteiger partial charge in [-0.3, -0.25) is 4.79 Å². The van der Waals surface area contributed by atoms with Crippen molar-refractivity contribution in [2.75, 3.05) is 19.7 Å². The highest BCUT2D eigenvalue weighted by Crippen LogP contribution is 2.32. The Bertz CT molecular complexity index is 266. The molecule has 2 aliphatic rings. The van der Waals surface area contributed by atoms with Crippen molar-refractivity contribution >= 4 is 5.97 Å². The van der Waals surface area contributed by atoms with Crippen molar-refractivity contribution in [3.05, 3.63) is 0 Å². The summed E-state index contributed by atoms with van der Waals surface area (Å²) in [4.78, 5) is 12.3. The molecule has 1 heterocycles. The third kappa shape index (κ3) is 3.25. The fourth-order valence-corrected chi connectivity index (χ4v) is 3.29. The maximum atomic E-state index is 12.3. The van der Waals surface area contributed by atoms with Crippen molar-refractivity contribution in [3.8, 4) is 0 Å². The molecule has 18 heavy (non-hydrogen) atoms. The van der Waals surface area contributed by atoms with E-state index in [9.17, 15) is 4.79 Å². The van der Waals surface area contributed by atoms with Crippen LogP contribution in [0.2, 0.25) is 0 Å². The maximum Gasteiger partial charge on any atom is 0.313 e. The molecule has 2 fully saturated rings. The van der Waals surface area contributed by atoms with E-state index in [-0.39, 0.29) is 11.4 Å². The molecule has 0 spiro atoms. The van der Waals surface area contributed by atoms with Gasteiger partial charge in [-0.25, -0.2) is 0 Å². The van der Waals surface area contributed by atoms with Crippen molar-refractivity contribution in [3.63, 3.8) is 0 Å². The van der Waals surface area contributed by atoms with E-state index in [1.165, 1.54) is 32.1 Å². The van der Waals surface area contributed by atoms with Gasteiger partial charge in [0.25, 0.3) is 0 Å². The highest BCUT2D eigenvalue weighted by atomic mass is 16.5. The van der Waals surface area contributed by atoms with Crippen molar-refractivity contribution < 1.29 is 9.53 Å². The standard InChI is InChI=1S/C15H27NO2/c1-2-15(9-6-10-16-12-15)14(17)18-11-13-7-4-3-5-8-13/h13,16H,2-12H2,1H3. The van der Waals surface area contributed by atoms with Gasteiger partial charge in [-0.15, -0.1) is 0 Å². The molecule has 1 atom stereocenters. The Kier molecular flexibility index (Phi) is 5.04. The fraction of sp³-hybridized carbons (Fsp3) is 0.933. The summed E-state index contributed by atoms with van der Waals surface area (Å²) in [5.41, 5.74) is -0.243. The van der Waals surface area contributed by atoms with Gasteiger partial charge in [0.2, 0.25) is 0 Å². The molecular weight excluding hydrogens is 226 g/mol. The fourth-order valence-electron chi connectivity index (χ4n) is 3.29. The molecule has 0 aromatic carbocycles. The van der Waals surface area contributed by atoms with Gasteiger partial charge in [-0.1, -0.05) is 26.2 Å². The lowest BCUT2D eigenvalue weighted by Gasteiger charge is -2.35. The summed E-state index contributed by atoms with van der Waals surface area (Å²) in [5.74, 6) is 0.663. The van der Waals surface area contributed by atoms with E-state index < -0.39 is 0 Å². The molecule has 104 valence electrons. The van der Waals surface area contributed by atoms with Gasteiger partial charge in [0.05, 0.1) is 12.0 Å². The monoisotopic (exact) mass is 253 g/mol. The average Bonchev–Trinajstić information content (AvgIpc) is 2.46. The smallest absolute Gasteiger partial charge is 0.313 e. The zero-order chi connectivity index (χ0) is 12.8. The molecule has 0 radical (unpaired) electrons. The summed E-state index contributed by atoms with van der Waals surface area (Å²) in [7, 11) is 0. The Hall–Kier alpha value is -0.570. The Morgan fingerprint density at radius 1 is 1.28 bits per heavy atom. The second-order valence-corrected chi connectivity index (χ2v) is 6.02. The maximum absolute atomic E-state index is 12.3. The highest BCUT2D eigenvalue weighted by molar-refractivity contribution is 5.77. The first-order valence-electron chi connectivity index (χ1n) is 7.65. The average molecular weight is 253 g/mol. The summed E-state index contributed by atoms with van der Waals surface area (Å²) in [6, 6.07) is 0. The van der Waals surface area contributed by atoms with E-state index >= 15 is 0 Å². The number of esters is 1. The normalized spacial score (nSPS) is 30.1. The van der Waals surface area contributed by atoms with Crippen molar-refractivity contribution in [2.24, 2.45) is 11.3 Å².